The van der Waals surface area contributed by atoms with Gasteiger partial charge in [-0.3, -0.25) is 4.79 Å². The number of carbonyl (C=O) groups excluding carboxylic acids is 1. The molecule has 0 bridgehead atoms. The zero-order chi connectivity index (χ0) is 18.4. The van der Waals surface area contributed by atoms with Gasteiger partial charge in [0.05, 0.1) is 6.61 Å². The van der Waals surface area contributed by atoms with Gasteiger partial charge in [0.15, 0.2) is 0 Å². The van der Waals surface area contributed by atoms with Crippen LogP contribution in [0.1, 0.15) is 32.0 Å². The predicted molar refractivity (Wildman–Crippen MR) is 97.4 cm³/mol. The number of aromatic nitrogens is 2. The Kier molecular flexibility index (Phi) is 6.26. The van der Waals surface area contributed by atoms with Gasteiger partial charge in [-0.25, -0.2) is 9.37 Å². The van der Waals surface area contributed by atoms with Crippen molar-refractivity contribution < 1.29 is 13.9 Å². The first-order valence-electron chi connectivity index (χ1n) is 9.32. The molecule has 0 N–H and O–H groups in total. The van der Waals surface area contributed by atoms with E-state index in [0.29, 0.717) is 31.2 Å². The van der Waals surface area contributed by atoms with Gasteiger partial charge >= 0.3 is 0 Å². The number of carbonyl (C=O) groups is 1. The van der Waals surface area contributed by atoms with E-state index in [1.165, 1.54) is 12.1 Å². The van der Waals surface area contributed by atoms with Gasteiger partial charge in [-0.2, -0.15) is 0 Å². The molecule has 1 aliphatic heterocycles. The van der Waals surface area contributed by atoms with Crippen molar-refractivity contribution in [3.63, 3.8) is 0 Å². The Bertz CT molecular complexity index is 714. The second kappa shape index (κ2) is 8.83. The molecule has 1 amide bonds. The standard InChI is InChI=1S/C20H26FN3O2/c1-2-19-22-10-13-23(19)12-9-20(25)24-11-3-4-16(14-24)15-26-18-7-5-17(21)6-8-18/h5-8,10,13,16H,2-4,9,11-12,14-15H2,1H3/t16-/m0/s1. The van der Waals surface area contributed by atoms with Gasteiger partial charge in [0.25, 0.3) is 0 Å². The molecule has 1 fully saturated rings. The van der Waals surface area contributed by atoms with Gasteiger partial charge in [-0.15, -0.1) is 0 Å². The van der Waals surface area contributed by atoms with Crippen molar-refractivity contribution in [3.8, 4) is 5.75 Å². The smallest absolute Gasteiger partial charge is 0.224 e. The third-order valence-corrected chi connectivity index (χ3v) is 4.86. The molecular weight excluding hydrogens is 333 g/mol. The Balaban J connectivity index is 1.46. The summed E-state index contributed by atoms with van der Waals surface area (Å²) in [5.74, 6) is 1.92. The summed E-state index contributed by atoms with van der Waals surface area (Å²) in [5.41, 5.74) is 0. The van der Waals surface area contributed by atoms with Crippen molar-refractivity contribution >= 4 is 5.91 Å². The van der Waals surface area contributed by atoms with E-state index in [2.05, 4.69) is 16.5 Å². The number of hydrogen-bond donors (Lipinski definition) is 0. The van der Waals surface area contributed by atoms with Crippen LogP contribution >= 0.6 is 0 Å². The summed E-state index contributed by atoms with van der Waals surface area (Å²) in [4.78, 5) is 18.8. The van der Waals surface area contributed by atoms with Gasteiger partial charge in [-0.1, -0.05) is 6.92 Å². The lowest BCUT2D eigenvalue weighted by atomic mass is 9.98. The van der Waals surface area contributed by atoms with E-state index < -0.39 is 0 Å². The van der Waals surface area contributed by atoms with Gasteiger partial charge in [0, 0.05) is 50.8 Å². The van der Waals surface area contributed by atoms with Crippen LogP contribution in [0.2, 0.25) is 0 Å². The van der Waals surface area contributed by atoms with Gasteiger partial charge in [0.2, 0.25) is 5.91 Å². The second-order valence-electron chi connectivity index (χ2n) is 6.75. The van der Waals surface area contributed by atoms with Crippen LogP contribution in [0.5, 0.6) is 5.75 Å². The highest BCUT2D eigenvalue weighted by molar-refractivity contribution is 5.76. The minimum absolute atomic E-state index is 0.187. The van der Waals surface area contributed by atoms with Crippen molar-refractivity contribution in [1.82, 2.24) is 14.5 Å². The summed E-state index contributed by atoms with van der Waals surface area (Å²) >= 11 is 0. The Morgan fingerprint density at radius 2 is 2.15 bits per heavy atom. The van der Waals surface area contributed by atoms with E-state index in [1.54, 1.807) is 18.3 Å². The summed E-state index contributed by atoms with van der Waals surface area (Å²) in [6.45, 7) is 4.84. The fraction of sp³-hybridized carbons (Fsp3) is 0.500. The topological polar surface area (TPSA) is 47.4 Å². The maximum atomic E-state index is 12.9. The number of rotatable bonds is 7. The molecule has 1 aromatic carbocycles. The Morgan fingerprint density at radius 1 is 1.35 bits per heavy atom. The highest BCUT2D eigenvalue weighted by Crippen LogP contribution is 2.20. The molecule has 1 aromatic heterocycles. The number of piperidine rings is 1. The quantitative estimate of drug-likeness (QED) is 0.762. The number of hydrogen-bond acceptors (Lipinski definition) is 3. The average Bonchev–Trinajstić information content (AvgIpc) is 3.13. The SMILES string of the molecule is CCc1nccn1CCC(=O)N1CCC[C@H](COc2ccc(F)cc2)C1. The third kappa shape index (κ3) is 4.84. The largest absolute Gasteiger partial charge is 0.493 e. The first kappa shape index (κ1) is 18.4. The van der Waals surface area contributed by atoms with Crippen LogP contribution in [-0.2, 0) is 17.8 Å². The minimum Gasteiger partial charge on any atom is -0.493 e. The fourth-order valence-corrected chi connectivity index (χ4v) is 3.40. The summed E-state index contributed by atoms with van der Waals surface area (Å²) in [7, 11) is 0. The van der Waals surface area contributed by atoms with Gasteiger partial charge < -0.3 is 14.2 Å². The molecule has 26 heavy (non-hydrogen) atoms. The summed E-state index contributed by atoms with van der Waals surface area (Å²) < 4.78 is 20.8. The fourth-order valence-electron chi connectivity index (χ4n) is 3.40. The number of halogens is 1. The number of amides is 1. The summed E-state index contributed by atoms with van der Waals surface area (Å²) in [6, 6.07) is 6.06. The van der Waals surface area contributed by atoms with Crippen LogP contribution in [0.15, 0.2) is 36.7 Å². The predicted octanol–water partition coefficient (Wildman–Crippen LogP) is 3.29. The molecular formula is C20H26FN3O2. The molecule has 0 saturated carbocycles. The molecule has 0 spiro atoms. The minimum atomic E-state index is -0.268. The molecule has 3 rings (SSSR count). The summed E-state index contributed by atoms with van der Waals surface area (Å²) in [6.07, 6.45) is 7.12. The normalized spacial score (nSPS) is 17.3. The lowest BCUT2D eigenvalue weighted by Gasteiger charge is -2.32. The highest BCUT2D eigenvalue weighted by atomic mass is 19.1. The van der Waals surface area contributed by atoms with Crippen LogP contribution in [0.25, 0.3) is 0 Å². The third-order valence-electron chi connectivity index (χ3n) is 4.86. The Morgan fingerprint density at radius 3 is 2.92 bits per heavy atom. The first-order valence-corrected chi connectivity index (χ1v) is 9.32. The zero-order valence-electron chi connectivity index (χ0n) is 15.2. The van der Waals surface area contributed by atoms with Crippen molar-refractivity contribution in [2.75, 3.05) is 19.7 Å². The van der Waals surface area contributed by atoms with E-state index in [9.17, 15) is 9.18 Å². The van der Waals surface area contributed by atoms with E-state index in [4.69, 9.17) is 4.74 Å². The maximum Gasteiger partial charge on any atom is 0.224 e. The summed E-state index contributed by atoms with van der Waals surface area (Å²) in [5, 5.41) is 0. The van der Waals surface area contributed by atoms with Crippen LogP contribution in [0.3, 0.4) is 0 Å². The molecule has 6 heteroatoms. The van der Waals surface area contributed by atoms with Crippen LogP contribution in [0, 0.1) is 11.7 Å². The van der Waals surface area contributed by atoms with Crippen molar-refractivity contribution in [1.29, 1.82) is 0 Å². The lowest BCUT2D eigenvalue weighted by molar-refractivity contribution is -0.133. The number of imidazole rings is 1. The van der Waals surface area contributed by atoms with E-state index >= 15 is 0 Å². The van der Waals surface area contributed by atoms with Gasteiger partial charge in [0.1, 0.15) is 17.4 Å². The van der Waals surface area contributed by atoms with Crippen molar-refractivity contribution in [2.24, 2.45) is 5.92 Å². The number of aryl methyl sites for hydroxylation is 2. The van der Waals surface area contributed by atoms with Gasteiger partial charge in [-0.05, 0) is 37.1 Å². The molecule has 5 nitrogen and oxygen atoms in total. The van der Waals surface area contributed by atoms with Crippen LogP contribution in [0.4, 0.5) is 4.39 Å². The Hall–Kier alpha value is -2.37. The zero-order valence-corrected chi connectivity index (χ0v) is 15.2. The van der Waals surface area contributed by atoms with Crippen molar-refractivity contribution in [2.45, 2.75) is 39.2 Å². The number of likely N-dealkylation sites (tertiary alicyclic amines) is 1. The highest BCUT2D eigenvalue weighted by Gasteiger charge is 2.24. The van der Waals surface area contributed by atoms with Crippen LogP contribution in [-0.4, -0.2) is 40.1 Å². The molecule has 1 atom stereocenters. The molecule has 0 aliphatic carbocycles. The van der Waals surface area contributed by atoms with E-state index in [0.717, 1.165) is 38.2 Å². The van der Waals surface area contributed by atoms with E-state index in [1.807, 2.05) is 11.1 Å². The number of ether oxygens (including phenoxy) is 1. The molecule has 1 aliphatic rings. The lowest BCUT2D eigenvalue weighted by Crippen LogP contribution is -2.41. The molecule has 2 heterocycles. The first-order chi connectivity index (χ1) is 12.7. The number of nitrogens with zero attached hydrogens (tertiary/aromatic N) is 3. The molecule has 0 unspecified atom stereocenters. The average molecular weight is 359 g/mol. The maximum absolute atomic E-state index is 12.9. The molecule has 2 aromatic rings. The number of benzene rings is 1. The Labute approximate surface area is 153 Å². The molecule has 140 valence electrons. The van der Waals surface area contributed by atoms with E-state index in [-0.39, 0.29) is 11.7 Å². The molecule has 1 saturated heterocycles. The monoisotopic (exact) mass is 359 g/mol. The second-order valence-corrected chi connectivity index (χ2v) is 6.75. The van der Waals surface area contributed by atoms with Crippen LogP contribution < -0.4 is 4.74 Å². The molecule has 0 radical (unpaired) electrons. The van der Waals surface area contributed by atoms with Crippen molar-refractivity contribution in [3.05, 3.63) is 48.3 Å².